The molecule has 282 valence electrons. The van der Waals surface area contributed by atoms with Crippen LogP contribution in [0.15, 0.2) is 22.8 Å². The van der Waals surface area contributed by atoms with Gasteiger partial charge in [0.1, 0.15) is 17.3 Å². The number of carbonyl (C=O) groups is 4. The number of esters is 1. The molecule has 2 aliphatic carbocycles. The highest BCUT2D eigenvalue weighted by Crippen LogP contribution is 2.56. The molecule has 0 radical (unpaired) electrons. The van der Waals surface area contributed by atoms with Crippen LogP contribution in [0.5, 0.6) is 0 Å². The quantitative estimate of drug-likeness (QED) is 0.225. The number of hydrogen-bond donors (Lipinski definition) is 3. The van der Waals surface area contributed by atoms with Crippen LogP contribution in [0.3, 0.4) is 0 Å². The maximum Gasteiger partial charge on any atom is 0.313 e. The summed E-state index contributed by atoms with van der Waals surface area (Å²) in [6, 6.07) is 0. The monoisotopic (exact) mass is 700 g/mol. The zero-order chi connectivity index (χ0) is 37.3. The van der Waals surface area contributed by atoms with Gasteiger partial charge in [0.15, 0.2) is 0 Å². The lowest BCUT2D eigenvalue weighted by atomic mass is 9.52. The summed E-state index contributed by atoms with van der Waals surface area (Å²) in [6.07, 6.45) is 3.55. The van der Waals surface area contributed by atoms with Gasteiger partial charge in [-0.3, -0.25) is 19.2 Å². The molecule has 3 N–H and O–H groups in total. The molecule has 1 saturated carbocycles. The van der Waals surface area contributed by atoms with Crippen LogP contribution < -0.4 is 0 Å². The lowest BCUT2D eigenvalue weighted by Gasteiger charge is -2.50. The van der Waals surface area contributed by atoms with Gasteiger partial charge in [0.05, 0.1) is 42.0 Å². The van der Waals surface area contributed by atoms with Crippen LogP contribution in [0.25, 0.3) is 0 Å². The Bertz CT molecular complexity index is 1360. The SMILES string of the molecule is COC(=O)[C@]12CC(=O)[C@H](C(C)C)CC(=O)[C@H](C)CCC[C@H](C)CC(=O)[C@H]1CC(C)=C1[C@H](O)C[C@](C)(O)[C@H]3CC[C@@](C)(O)[C@H](CC/C(C)=C/[C@@H]12)O3. The third-order valence-electron chi connectivity index (χ3n) is 12.9. The van der Waals surface area contributed by atoms with Crippen LogP contribution in [0.2, 0.25) is 0 Å². The average molecular weight is 701 g/mol. The molecule has 2 heterocycles. The molecule has 9 nitrogen and oxygen atoms in total. The molecule has 2 aliphatic heterocycles. The standard InChI is InChI=1S/C41H64O9/c1-23(2)28-20-31(42)26(5)12-10-11-24(3)18-32(43)29-19-27(6)37-30(41(29,22-33(28)44)38(46)49-9)17-25(4)13-14-35-39(7,47)16-15-36(50-35)40(8,48)21-34(37)45/h17,23-24,26,28-30,34-36,45,47-48H,10-16,18-22H2,1-9H3/b25-17+/t24-,26+,28-,29+,30-,34+,35-,36+,39+,40-,41+/m0/s1. The first kappa shape index (κ1) is 40.6. The van der Waals surface area contributed by atoms with E-state index in [4.69, 9.17) is 9.47 Å². The first-order chi connectivity index (χ1) is 23.2. The van der Waals surface area contributed by atoms with E-state index in [-0.39, 0.29) is 67.2 Å². The van der Waals surface area contributed by atoms with Gasteiger partial charge in [0, 0.05) is 49.4 Å². The summed E-state index contributed by atoms with van der Waals surface area (Å²) in [7, 11) is 1.28. The molecule has 0 unspecified atom stereocenters. The summed E-state index contributed by atoms with van der Waals surface area (Å²) in [4.78, 5) is 57.4. The molecule has 0 aromatic heterocycles. The third-order valence-corrected chi connectivity index (χ3v) is 12.9. The zero-order valence-corrected chi connectivity index (χ0v) is 32.0. The van der Waals surface area contributed by atoms with Crippen LogP contribution in [-0.4, -0.2) is 75.3 Å². The molecule has 0 spiro atoms. The minimum atomic E-state index is -1.68. The number of ether oxygens (including phenoxy) is 2. The second-order valence-corrected chi connectivity index (χ2v) is 17.4. The van der Waals surface area contributed by atoms with Crippen LogP contribution in [0.4, 0.5) is 0 Å². The lowest BCUT2D eigenvalue weighted by Crippen LogP contribution is -2.57. The maximum atomic E-state index is 14.7. The van der Waals surface area contributed by atoms with Crippen LogP contribution in [0.1, 0.15) is 132 Å². The van der Waals surface area contributed by atoms with Gasteiger partial charge in [-0.1, -0.05) is 57.8 Å². The number of fused-ring (bicyclic) bond motifs is 5. The number of carbonyl (C=O) groups excluding carboxylic acids is 4. The van der Waals surface area contributed by atoms with Crippen molar-refractivity contribution < 1.29 is 44.0 Å². The van der Waals surface area contributed by atoms with Crippen molar-refractivity contribution in [1.29, 1.82) is 0 Å². The first-order valence-electron chi connectivity index (χ1n) is 19.1. The first-order valence-corrected chi connectivity index (χ1v) is 19.1. The van der Waals surface area contributed by atoms with E-state index >= 15 is 0 Å². The van der Waals surface area contributed by atoms with E-state index in [0.29, 0.717) is 37.7 Å². The van der Waals surface area contributed by atoms with E-state index in [0.717, 1.165) is 24.0 Å². The van der Waals surface area contributed by atoms with Crippen molar-refractivity contribution >= 4 is 23.3 Å². The summed E-state index contributed by atoms with van der Waals surface area (Å²) in [5, 5.41) is 35.3. The maximum absolute atomic E-state index is 14.7. The third kappa shape index (κ3) is 8.37. The van der Waals surface area contributed by atoms with Crippen LogP contribution >= 0.6 is 0 Å². The topological polar surface area (TPSA) is 147 Å². The minimum absolute atomic E-state index is 0.00867. The normalized spacial score (nSPS) is 42.7. The second kappa shape index (κ2) is 15.8. The Morgan fingerprint density at radius 1 is 0.920 bits per heavy atom. The van der Waals surface area contributed by atoms with Gasteiger partial charge in [0.2, 0.25) is 0 Å². The van der Waals surface area contributed by atoms with Crippen LogP contribution in [-0.2, 0) is 28.7 Å². The Morgan fingerprint density at radius 2 is 1.58 bits per heavy atom. The molecule has 2 fully saturated rings. The Labute approximate surface area is 299 Å². The average Bonchev–Trinajstić information content (AvgIpc) is 3.01. The molecule has 0 aromatic rings. The number of methoxy groups -OCH3 is 1. The number of ketones is 3. The molecule has 2 bridgehead atoms. The van der Waals surface area contributed by atoms with Crippen molar-refractivity contribution in [3.63, 3.8) is 0 Å². The fraction of sp³-hybridized carbons (Fsp3) is 0.805. The molecule has 9 heteroatoms. The van der Waals surface area contributed by atoms with Crippen molar-refractivity contribution in [3.8, 4) is 0 Å². The molecule has 1 saturated heterocycles. The smallest absolute Gasteiger partial charge is 0.313 e. The molecular formula is C41H64O9. The number of rotatable bonds is 2. The van der Waals surface area contributed by atoms with Crippen molar-refractivity contribution in [3.05, 3.63) is 22.8 Å². The van der Waals surface area contributed by atoms with Gasteiger partial charge in [-0.2, -0.15) is 0 Å². The van der Waals surface area contributed by atoms with Gasteiger partial charge in [-0.25, -0.2) is 0 Å². The van der Waals surface area contributed by atoms with E-state index in [1.54, 1.807) is 13.8 Å². The largest absolute Gasteiger partial charge is 0.469 e. The highest BCUT2D eigenvalue weighted by atomic mass is 16.5. The zero-order valence-electron chi connectivity index (χ0n) is 32.0. The minimum Gasteiger partial charge on any atom is -0.469 e. The Hall–Kier alpha value is -2.20. The van der Waals surface area contributed by atoms with Gasteiger partial charge in [0.25, 0.3) is 0 Å². The van der Waals surface area contributed by atoms with Crippen molar-refractivity contribution in [2.45, 2.75) is 162 Å². The molecule has 0 amide bonds. The lowest BCUT2D eigenvalue weighted by molar-refractivity contribution is -0.219. The number of allylic oxidation sites excluding steroid dienone is 3. The van der Waals surface area contributed by atoms with Crippen molar-refractivity contribution in [2.75, 3.05) is 7.11 Å². The molecule has 0 aromatic carbocycles. The molecule has 4 rings (SSSR count). The van der Waals surface area contributed by atoms with E-state index in [9.17, 15) is 34.5 Å². The highest BCUT2D eigenvalue weighted by molar-refractivity contribution is 5.97. The summed E-state index contributed by atoms with van der Waals surface area (Å²) >= 11 is 0. The second-order valence-electron chi connectivity index (χ2n) is 17.4. The van der Waals surface area contributed by atoms with Gasteiger partial charge < -0.3 is 24.8 Å². The fourth-order valence-corrected chi connectivity index (χ4v) is 9.53. The van der Waals surface area contributed by atoms with Crippen molar-refractivity contribution in [2.24, 2.45) is 40.9 Å². The van der Waals surface area contributed by atoms with E-state index in [2.05, 4.69) is 0 Å². The highest BCUT2D eigenvalue weighted by Gasteiger charge is 2.60. The predicted octanol–water partition coefficient (Wildman–Crippen LogP) is 6.25. The Kier molecular flexibility index (Phi) is 12.8. The van der Waals surface area contributed by atoms with E-state index < -0.39 is 58.7 Å². The Morgan fingerprint density at radius 3 is 2.22 bits per heavy atom. The number of aliphatic hydroxyl groups is 3. The number of aliphatic hydroxyl groups excluding tert-OH is 1. The summed E-state index contributed by atoms with van der Waals surface area (Å²) in [5.74, 6) is -3.84. The fourth-order valence-electron chi connectivity index (χ4n) is 9.53. The number of Topliss-reactive ketones (excluding diaryl/α,β-unsaturated/α-hetero) is 3. The summed E-state index contributed by atoms with van der Waals surface area (Å²) < 4.78 is 11.9. The van der Waals surface area contributed by atoms with Gasteiger partial charge >= 0.3 is 5.97 Å². The molecule has 4 aliphatic rings. The molecule has 50 heavy (non-hydrogen) atoms. The Balaban J connectivity index is 1.98. The number of hydrogen-bond acceptors (Lipinski definition) is 9. The van der Waals surface area contributed by atoms with E-state index in [1.165, 1.54) is 7.11 Å². The van der Waals surface area contributed by atoms with E-state index in [1.807, 2.05) is 47.6 Å². The van der Waals surface area contributed by atoms with Crippen molar-refractivity contribution in [1.82, 2.24) is 0 Å². The van der Waals surface area contributed by atoms with Crippen LogP contribution in [0, 0.1) is 40.9 Å². The van der Waals surface area contributed by atoms with Gasteiger partial charge in [-0.05, 0) is 83.6 Å². The summed E-state index contributed by atoms with van der Waals surface area (Å²) in [5.41, 5.74) is -2.13. The molecule has 11 atom stereocenters. The predicted molar refractivity (Wildman–Crippen MR) is 191 cm³/mol. The van der Waals surface area contributed by atoms with Gasteiger partial charge in [-0.15, -0.1) is 0 Å². The molecular weight excluding hydrogens is 636 g/mol. The summed E-state index contributed by atoms with van der Waals surface area (Å²) in [6.45, 7) is 14.9.